The van der Waals surface area contributed by atoms with Crippen LogP contribution >= 0.6 is 0 Å². The van der Waals surface area contributed by atoms with Gasteiger partial charge in [0, 0.05) is 0 Å². The summed E-state index contributed by atoms with van der Waals surface area (Å²) >= 11 is 0. The summed E-state index contributed by atoms with van der Waals surface area (Å²) in [6.45, 7) is 0. The SMILES string of the molecule is COc1ccc(CCCCS(N)(=O)=O)cc1. The van der Waals surface area contributed by atoms with Crippen molar-refractivity contribution in [1.82, 2.24) is 0 Å². The second-order valence-corrected chi connectivity index (χ2v) is 5.41. The van der Waals surface area contributed by atoms with Crippen molar-refractivity contribution in [1.29, 1.82) is 0 Å². The standard InChI is InChI=1S/C11H17NO3S/c1-15-11-7-5-10(6-8-11)4-2-3-9-16(12,13)14/h5-8H,2-4,9H2,1H3,(H2,12,13,14). The Bertz CT molecular complexity index is 411. The van der Waals surface area contributed by atoms with Crippen LogP contribution in [0, 0.1) is 0 Å². The van der Waals surface area contributed by atoms with Crippen LogP contribution in [0.4, 0.5) is 0 Å². The van der Waals surface area contributed by atoms with Gasteiger partial charge in [-0.05, 0) is 37.0 Å². The van der Waals surface area contributed by atoms with E-state index in [1.165, 1.54) is 5.56 Å². The molecule has 0 aliphatic rings. The van der Waals surface area contributed by atoms with E-state index in [9.17, 15) is 8.42 Å². The highest BCUT2D eigenvalue weighted by atomic mass is 32.2. The first-order valence-corrected chi connectivity index (χ1v) is 6.86. The lowest BCUT2D eigenvalue weighted by molar-refractivity contribution is 0.414. The molecule has 0 amide bonds. The molecule has 0 bridgehead atoms. The van der Waals surface area contributed by atoms with Gasteiger partial charge in [-0.2, -0.15) is 0 Å². The molecule has 2 N–H and O–H groups in total. The first kappa shape index (κ1) is 13.0. The molecular weight excluding hydrogens is 226 g/mol. The monoisotopic (exact) mass is 243 g/mol. The van der Waals surface area contributed by atoms with Crippen molar-refractivity contribution in [2.24, 2.45) is 5.14 Å². The fourth-order valence-corrected chi connectivity index (χ4v) is 2.03. The fraction of sp³-hybridized carbons (Fsp3) is 0.455. The third-order valence-electron chi connectivity index (χ3n) is 2.30. The van der Waals surface area contributed by atoms with E-state index >= 15 is 0 Å². The summed E-state index contributed by atoms with van der Waals surface area (Å²) in [6.07, 6.45) is 2.28. The van der Waals surface area contributed by atoms with Crippen molar-refractivity contribution < 1.29 is 13.2 Å². The number of primary sulfonamides is 1. The molecule has 0 heterocycles. The summed E-state index contributed by atoms with van der Waals surface area (Å²) in [7, 11) is -1.68. The third kappa shape index (κ3) is 5.14. The predicted molar refractivity (Wildman–Crippen MR) is 63.9 cm³/mol. The van der Waals surface area contributed by atoms with E-state index in [0.717, 1.165) is 18.6 Å². The maximum atomic E-state index is 10.7. The molecular formula is C11H17NO3S. The van der Waals surface area contributed by atoms with Gasteiger partial charge in [-0.1, -0.05) is 12.1 Å². The normalized spacial score (nSPS) is 11.4. The van der Waals surface area contributed by atoms with Crippen LogP contribution in [0.2, 0.25) is 0 Å². The first-order chi connectivity index (χ1) is 7.51. The molecule has 16 heavy (non-hydrogen) atoms. The van der Waals surface area contributed by atoms with Crippen molar-refractivity contribution >= 4 is 10.0 Å². The van der Waals surface area contributed by atoms with E-state index in [2.05, 4.69) is 0 Å². The maximum absolute atomic E-state index is 10.7. The topological polar surface area (TPSA) is 69.4 Å². The van der Waals surface area contributed by atoms with Crippen molar-refractivity contribution in [3.63, 3.8) is 0 Å². The number of sulfonamides is 1. The van der Waals surface area contributed by atoms with E-state index in [4.69, 9.17) is 9.88 Å². The molecule has 0 unspecified atom stereocenters. The lowest BCUT2D eigenvalue weighted by Crippen LogP contribution is -2.16. The van der Waals surface area contributed by atoms with E-state index in [0.29, 0.717) is 6.42 Å². The smallest absolute Gasteiger partial charge is 0.209 e. The zero-order valence-corrected chi connectivity index (χ0v) is 10.2. The molecule has 1 aromatic carbocycles. The second kappa shape index (κ2) is 5.86. The summed E-state index contributed by atoms with van der Waals surface area (Å²) in [6, 6.07) is 7.76. The molecule has 0 radical (unpaired) electrons. The highest BCUT2D eigenvalue weighted by Gasteiger charge is 2.02. The quantitative estimate of drug-likeness (QED) is 0.766. The molecule has 0 aliphatic heterocycles. The van der Waals surface area contributed by atoms with Crippen LogP contribution in [-0.4, -0.2) is 21.3 Å². The van der Waals surface area contributed by atoms with Gasteiger partial charge in [-0.3, -0.25) is 0 Å². The number of nitrogens with two attached hydrogens (primary N) is 1. The van der Waals surface area contributed by atoms with Gasteiger partial charge in [-0.25, -0.2) is 13.6 Å². The van der Waals surface area contributed by atoms with Crippen molar-refractivity contribution in [2.75, 3.05) is 12.9 Å². The summed E-state index contributed by atoms with van der Waals surface area (Å²) in [5.41, 5.74) is 1.18. The highest BCUT2D eigenvalue weighted by molar-refractivity contribution is 7.89. The number of hydrogen-bond acceptors (Lipinski definition) is 3. The predicted octanol–water partition coefficient (Wildman–Crippen LogP) is 1.31. The van der Waals surface area contributed by atoms with Crippen LogP contribution in [0.15, 0.2) is 24.3 Å². The number of aryl methyl sites for hydroxylation is 1. The van der Waals surface area contributed by atoms with Crippen LogP contribution in [0.3, 0.4) is 0 Å². The average Bonchev–Trinajstić information content (AvgIpc) is 2.24. The Balaban J connectivity index is 2.32. The Hall–Kier alpha value is -1.07. The fourth-order valence-electron chi connectivity index (χ4n) is 1.42. The van der Waals surface area contributed by atoms with Crippen LogP contribution in [0.1, 0.15) is 18.4 Å². The minimum absolute atomic E-state index is 0.0587. The van der Waals surface area contributed by atoms with Crippen molar-refractivity contribution in [3.8, 4) is 5.75 Å². The van der Waals surface area contributed by atoms with Crippen molar-refractivity contribution in [3.05, 3.63) is 29.8 Å². The molecule has 0 saturated heterocycles. The zero-order valence-electron chi connectivity index (χ0n) is 9.35. The van der Waals surface area contributed by atoms with E-state index in [-0.39, 0.29) is 5.75 Å². The highest BCUT2D eigenvalue weighted by Crippen LogP contribution is 2.13. The Kier molecular flexibility index (Phi) is 4.76. The lowest BCUT2D eigenvalue weighted by atomic mass is 10.1. The molecule has 5 heteroatoms. The summed E-state index contributed by atoms with van der Waals surface area (Å²) in [5, 5.41) is 4.91. The molecule has 4 nitrogen and oxygen atoms in total. The lowest BCUT2D eigenvalue weighted by Gasteiger charge is -2.03. The number of methoxy groups -OCH3 is 1. The summed E-state index contributed by atoms with van der Waals surface area (Å²) in [5.74, 6) is 0.886. The van der Waals surface area contributed by atoms with Crippen LogP contribution in [0.5, 0.6) is 5.75 Å². The maximum Gasteiger partial charge on any atom is 0.209 e. The number of benzene rings is 1. The molecule has 0 aliphatic carbocycles. The van der Waals surface area contributed by atoms with Crippen LogP contribution < -0.4 is 9.88 Å². The Morgan fingerprint density at radius 1 is 1.19 bits per heavy atom. The molecule has 0 aromatic heterocycles. The van der Waals surface area contributed by atoms with Gasteiger partial charge in [0.05, 0.1) is 12.9 Å². The molecule has 1 rings (SSSR count). The summed E-state index contributed by atoms with van der Waals surface area (Å²) < 4.78 is 26.4. The number of rotatable bonds is 6. The molecule has 0 atom stereocenters. The van der Waals surface area contributed by atoms with Gasteiger partial charge in [0.15, 0.2) is 0 Å². The van der Waals surface area contributed by atoms with E-state index < -0.39 is 10.0 Å². The number of unbranched alkanes of at least 4 members (excludes halogenated alkanes) is 1. The minimum atomic E-state index is -3.31. The molecule has 1 aromatic rings. The zero-order chi connectivity index (χ0) is 12.0. The molecule has 0 saturated carbocycles. The van der Waals surface area contributed by atoms with E-state index in [1.54, 1.807) is 7.11 Å². The molecule has 0 fully saturated rings. The largest absolute Gasteiger partial charge is 0.497 e. The number of hydrogen-bond donors (Lipinski definition) is 1. The number of ether oxygens (including phenoxy) is 1. The van der Waals surface area contributed by atoms with Gasteiger partial charge in [-0.15, -0.1) is 0 Å². The third-order valence-corrected chi connectivity index (χ3v) is 3.16. The van der Waals surface area contributed by atoms with Gasteiger partial charge < -0.3 is 4.74 Å². The van der Waals surface area contributed by atoms with Gasteiger partial charge >= 0.3 is 0 Å². The van der Waals surface area contributed by atoms with Crippen LogP contribution in [-0.2, 0) is 16.4 Å². The minimum Gasteiger partial charge on any atom is -0.497 e. The van der Waals surface area contributed by atoms with E-state index in [1.807, 2.05) is 24.3 Å². The average molecular weight is 243 g/mol. The van der Waals surface area contributed by atoms with Gasteiger partial charge in [0.1, 0.15) is 5.75 Å². The van der Waals surface area contributed by atoms with Crippen molar-refractivity contribution in [2.45, 2.75) is 19.3 Å². The summed E-state index contributed by atoms with van der Waals surface area (Å²) in [4.78, 5) is 0. The molecule has 90 valence electrons. The first-order valence-electron chi connectivity index (χ1n) is 5.15. The van der Waals surface area contributed by atoms with Gasteiger partial charge in [0.25, 0.3) is 0 Å². The second-order valence-electron chi connectivity index (χ2n) is 3.67. The molecule has 0 spiro atoms. The van der Waals surface area contributed by atoms with Crippen LogP contribution in [0.25, 0.3) is 0 Å². The van der Waals surface area contributed by atoms with Gasteiger partial charge in [0.2, 0.25) is 10.0 Å². The Morgan fingerprint density at radius 3 is 2.31 bits per heavy atom. The Morgan fingerprint density at radius 2 is 1.81 bits per heavy atom. The Labute approximate surface area is 96.5 Å².